The van der Waals surface area contributed by atoms with Crippen molar-refractivity contribution >= 4 is 27.6 Å². The van der Waals surface area contributed by atoms with E-state index in [0.29, 0.717) is 11.4 Å². The minimum atomic E-state index is -3.42. The van der Waals surface area contributed by atoms with Gasteiger partial charge in [-0.2, -0.15) is 0 Å². The van der Waals surface area contributed by atoms with Crippen molar-refractivity contribution in [2.24, 2.45) is 5.92 Å². The Morgan fingerprint density at radius 3 is 2.60 bits per heavy atom. The lowest BCUT2D eigenvalue weighted by atomic mass is 9.96. The van der Waals surface area contributed by atoms with E-state index in [0.717, 1.165) is 31.9 Å². The summed E-state index contributed by atoms with van der Waals surface area (Å²) in [5.74, 6) is -0.217. The van der Waals surface area contributed by atoms with Crippen LogP contribution in [-0.2, 0) is 10.0 Å². The summed E-state index contributed by atoms with van der Waals surface area (Å²) >= 11 is 0. The largest absolute Gasteiger partial charge is 0.488 e. The number of fused-ring (bicyclic) bond motifs is 1. The summed E-state index contributed by atoms with van der Waals surface area (Å²) in [5, 5.41) is 15.6. The first-order chi connectivity index (χ1) is 16.5. The number of urea groups is 1. The number of amides is 3. The van der Waals surface area contributed by atoms with Crippen molar-refractivity contribution in [3.63, 3.8) is 0 Å². The van der Waals surface area contributed by atoms with E-state index in [1.165, 1.54) is 17.8 Å². The first-order valence-electron chi connectivity index (χ1n) is 12.2. The fourth-order valence-electron chi connectivity index (χ4n) is 4.51. The molecule has 1 aliphatic carbocycles. The normalized spacial score (nSPS) is 22.6. The van der Waals surface area contributed by atoms with Crippen LogP contribution in [0.3, 0.4) is 0 Å². The zero-order valence-electron chi connectivity index (χ0n) is 21.0. The van der Waals surface area contributed by atoms with E-state index in [4.69, 9.17) is 4.74 Å². The summed E-state index contributed by atoms with van der Waals surface area (Å²) in [6.07, 6.45) is 5.91. The van der Waals surface area contributed by atoms with Crippen LogP contribution in [0, 0.1) is 5.92 Å². The van der Waals surface area contributed by atoms with E-state index in [9.17, 15) is 23.1 Å². The fraction of sp³-hybridized carbons (Fsp3) is 0.667. The maximum absolute atomic E-state index is 13.5. The van der Waals surface area contributed by atoms with Gasteiger partial charge in [0.15, 0.2) is 0 Å². The molecule has 196 valence electrons. The maximum Gasteiger partial charge on any atom is 0.319 e. The molecule has 0 bridgehead atoms. The van der Waals surface area contributed by atoms with Gasteiger partial charge in [-0.15, -0.1) is 0 Å². The highest BCUT2D eigenvalue weighted by Gasteiger charge is 2.34. The van der Waals surface area contributed by atoms with E-state index >= 15 is 0 Å². The molecule has 1 aromatic rings. The number of hydrogen-bond acceptors (Lipinski definition) is 6. The molecule has 2 aliphatic rings. The third-order valence-corrected chi connectivity index (χ3v) is 8.15. The van der Waals surface area contributed by atoms with Gasteiger partial charge in [-0.3, -0.25) is 4.79 Å². The highest BCUT2D eigenvalue weighted by molar-refractivity contribution is 7.88. The number of nitrogens with zero attached hydrogens (tertiary/aromatic N) is 2. The van der Waals surface area contributed by atoms with Gasteiger partial charge in [0.2, 0.25) is 10.0 Å². The van der Waals surface area contributed by atoms with Crippen LogP contribution in [0.4, 0.5) is 10.5 Å². The molecule has 0 spiro atoms. The van der Waals surface area contributed by atoms with Crippen molar-refractivity contribution in [3.05, 3.63) is 23.8 Å². The smallest absolute Gasteiger partial charge is 0.319 e. The quantitative estimate of drug-likeness (QED) is 0.516. The molecular formula is C24H38N4O6S. The van der Waals surface area contributed by atoms with E-state index in [1.54, 1.807) is 30.0 Å². The minimum absolute atomic E-state index is 0.110. The Kier molecular flexibility index (Phi) is 9.00. The monoisotopic (exact) mass is 510 g/mol. The number of rotatable bonds is 7. The molecule has 11 heteroatoms. The molecular weight excluding hydrogens is 472 g/mol. The molecule has 1 aliphatic heterocycles. The predicted octanol–water partition coefficient (Wildman–Crippen LogP) is 2.25. The molecule has 0 radical (unpaired) electrons. The first kappa shape index (κ1) is 27.2. The molecule has 35 heavy (non-hydrogen) atoms. The van der Waals surface area contributed by atoms with E-state index in [2.05, 4.69) is 10.6 Å². The van der Waals surface area contributed by atoms with Gasteiger partial charge in [-0.25, -0.2) is 17.5 Å². The number of carbonyl (C=O) groups excluding carboxylic acids is 2. The predicted molar refractivity (Wildman–Crippen MR) is 134 cm³/mol. The number of aliphatic hydroxyl groups excluding tert-OH is 1. The second-order valence-electron chi connectivity index (χ2n) is 9.81. The number of benzene rings is 1. The second-order valence-corrected chi connectivity index (χ2v) is 11.9. The Labute approximate surface area is 208 Å². The molecule has 0 aromatic heterocycles. The highest BCUT2D eigenvalue weighted by Crippen LogP contribution is 2.31. The zero-order valence-corrected chi connectivity index (χ0v) is 21.8. The molecule has 3 amide bonds. The Hall–Kier alpha value is -2.37. The van der Waals surface area contributed by atoms with E-state index in [1.807, 2.05) is 6.92 Å². The van der Waals surface area contributed by atoms with Crippen LogP contribution in [0.5, 0.6) is 5.75 Å². The van der Waals surface area contributed by atoms with E-state index in [-0.39, 0.29) is 49.2 Å². The first-order valence-corrected chi connectivity index (χ1v) is 14.1. The topological polar surface area (TPSA) is 128 Å². The number of sulfonamides is 1. The van der Waals surface area contributed by atoms with Crippen LogP contribution in [0.15, 0.2) is 18.2 Å². The molecule has 1 heterocycles. The second kappa shape index (κ2) is 11.6. The lowest BCUT2D eigenvalue weighted by Gasteiger charge is -2.38. The summed E-state index contributed by atoms with van der Waals surface area (Å²) in [6.45, 7) is 3.82. The Morgan fingerprint density at radius 1 is 1.29 bits per heavy atom. The van der Waals surface area contributed by atoms with Crippen LogP contribution < -0.4 is 15.4 Å². The molecule has 1 saturated carbocycles. The number of likely N-dealkylation sites (N-methyl/N-ethyl adjacent to an activating group) is 1. The summed E-state index contributed by atoms with van der Waals surface area (Å²) in [7, 11) is -1.94. The van der Waals surface area contributed by atoms with Gasteiger partial charge in [0.05, 0.1) is 31.0 Å². The fourth-order valence-corrected chi connectivity index (χ4v) is 4.92. The van der Waals surface area contributed by atoms with Crippen LogP contribution in [0.1, 0.15) is 56.3 Å². The van der Waals surface area contributed by atoms with Gasteiger partial charge >= 0.3 is 6.03 Å². The molecule has 0 unspecified atom stereocenters. The van der Waals surface area contributed by atoms with Crippen LogP contribution in [0.2, 0.25) is 0 Å². The molecule has 3 N–H and O–H groups in total. The van der Waals surface area contributed by atoms with Crippen molar-refractivity contribution in [3.8, 4) is 5.75 Å². The summed E-state index contributed by atoms with van der Waals surface area (Å²) in [4.78, 5) is 27.6. The van der Waals surface area contributed by atoms with Gasteiger partial charge in [-0.1, -0.05) is 26.2 Å². The number of carbonyl (C=O) groups is 2. The lowest BCUT2D eigenvalue weighted by molar-refractivity contribution is 0.0387. The number of ether oxygens (including phenoxy) is 1. The summed E-state index contributed by atoms with van der Waals surface area (Å²) < 4.78 is 31.4. The third kappa shape index (κ3) is 7.08. The molecule has 0 saturated heterocycles. The third-order valence-electron chi connectivity index (χ3n) is 6.87. The number of hydrogen-bond donors (Lipinski definition) is 3. The Balaban J connectivity index is 1.87. The summed E-state index contributed by atoms with van der Waals surface area (Å²) in [5.41, 5.74) is 0.698. The summed E-state index contributed by atoms with van der Waals surface area (Å²) in [6, 6.07) is 4.23. The molecule has 3 atom stereocenters. The van der Waals surface area contributed by atoms with Gasteiger partial charge in [0, 0.05) is 31.2 Å². The lowest BCUT2D eigenvalue weighted by Crippen LogP contribution is -2.50. The van der Waals surface area contributed by atoms with Gasteiger partial charge < -0.3 is 25.4 Å². The number of nitrogens with one attached hydrogen (secondary N) is 2. The van der Waals surface area contributed by atoms with Crippen LogP contribution >= 0.6 is 0 Å². The average molecular weight is 511 g/mol. The minimum Gasteiger partial charge on any atom is -0.488 e. The van der Waals surface area contributed by atoms with Crippen molar-refractivity contribution in [2.75, 3.05) is 38.3 Å². The average Bonchev–Trinajstić information content (AvgIpc) is 2.81. The van der Waals surface area contributed by atoms with Gasteiger partial charge in [0.25, 0.3) is 5.91 Å². The molecule has 3 rings (SSSR count). The SMILES string of the molecule is C[C@@H]1CN([C@@H](C)CO)C(=O)c2cc(NC(=O)NC3CCCCC3)ccc2O[C@@H]1CN(C)S(C)(=O)=O. The molecule has 1 aromatic carbocycles. The number of anilines is 1. The van der Waals surface area contributed by atoms with Crippen molar-refractivity contribution in [1.29, 1.82) is 0 Å². The maximum atomic E-state index is 13.5. The van der Waals surface area contributed by atoms with E-state index < -0.39 is 22.2 Å². The van der Waals surface area contributed by atoms with Crippen LogP contribution in [-0.4, -0.2) is 85.9 Å². The van der Waals surface area contributed by atoms with Gasteiger partial charge in [0.1, 0.15) is 11.9 Å². The molecule has 10 nitrogen and oxygen atoms in total. The standard InChI is InChI=1S/C24H38N4O6S/c1-16-13-28(17(2)15-29)23(30)20-12-19(26-24(31)25-18-8-6-5-7-9-18)10-11-21(20)34-22(16)14-27(3)35(4,32)33/h10-12,16-18,22,29H,5-9,13-15H2,1-4H3,(H2,25,26,31)/t16-,17+,22-/m1/s1. The Bertz CT molecular complexity index is 1010. The number of aliphatic hydroxyl groups is 1. The van der Waals surface area contributed by atoms with Crippen molar-refractivity contribution < 1.29 is 27.9 Å². The zero-order chi connectivity index (χ0) is 25.8. The van der Waals surface area contributed by atoms with Crippen molar-refractivity contribution in [2.45, 2.75) is 64.1 Å². The molecule has 1 fully saturated rings. The highest BCUT2D eigenvalue weighted by atomic mass is 32.2. The van der Waals surface area contributed by atoms with Gasteiger partial charge in [-0.05, 0) is 38.0 Å². The van der Waals surface area contributed by atoms with Crippen molar-refractivity contribution in [1.82, 2.24) is 14.5 Å². The van der Waals surface area contributed by atoms with Crippen LogP contribution in [0.25, 0.3) is 0 Å². The Morgan fingerprint density at radius 2 is 1.97 bits per heavy atom.